The Hall–Kier alpha value is -1.27. The largest absolute Gasteiger partial charge is 0.369 e. The first-order valence-electron chi connectivity index (χ1n) is 6.62. The van der Waals surface area contributed by atoms with Gasteiger partial charge < -0.3 is 10.6 Å². The molecule has 0 saturated carbocycles. The molecule has 3 rings (SSSR count). The van der Waals surface area contributed by atoms with Crippen LogP contribution in [0.5, 0.6) is 0 Å². The lowest BCUT2D eigenvalue weighted by Gasteiger charge is -2.36. The quantitative estimate of drug-likeness (QED) is 0.759. The maximum Gasteiger partial charge on any atom is 0.196 e. The van der Waals surface area contributed by atoms with Crippen LogP contribution in [-0.2, 0) is 5.54 Å². The summed E-state index contributed by atoms with van der Waals surface area (Å²) in [4.78, 5) is 6.53. The van der Waals surface area contributed by atoms with Gasteiger partial charge in [-0.25, -0.2) is 0 Å². The van der Waals surface area contributed by atoms with Gasteiger partial charge in [-0.2, -0.15) is 0 Å². The minimum absolute atomic E-state index is 0.276. The van der Waals surface area contributed by atoms with E-state index < -0.39 is 0 Å². The van der Waals surface area contributed by atoms with E-state index in [2.05, 4.69) is 63.7 Å². The van der Waals surface area contributed by atoms with Crippen molar-refractivity contribution in [3.63, 3.8) is 0 Å². The van der Waals surface area contributed by atoms with Gasteiger partial charge in [-0.05, 0) is 71.5 Å². The topological polar surface area (TPSA) is 41.6 Å². The first-order chi connectivity index (χ1) is 10.0. The molecular formula is C16H15ClIN3. The summed E-state index contributed by atoms with van der Waals surface area (Å²) in [7, 11) is 0. The van der Waals surface area contributed by atoms with E-state index in [0.29, 0.717) is 17.5 Å². The van der Waals surface area contributed by atoms with Gasteiger partial charge in [-0.15, -0.1) is 0 Å². The molecule has 0 amide bonds. The molecule has 21 heavy (non-hydrogen) atoms. The second-order valence-electron chi connectivity index (χ2n) is 5.27. The Kier molecular flexibility index (Phi) is 3.84. The summed E-state index contributed by atoms with van der Waals surface area (Å²) >= 11 is 8.29. The fraction of sp³-hybridized carbons (Fsp3) is 0.188. The molecule has 1 aliphatic heterocycles. The summed E-state index contributed by atoms with van der Waals surface area (Å²) in [5, 5.41) is 0.712. The maximum atomic E-state index is 6.13. The first-order valence-corrected chi connectivity index (χ1v) is 8.08. The summed E-state index contributed by atoms with van der Waals surface area (Å²) in [5.41, 5.74) is 8.05. The van der Waals surface area contributed by atoms with Gasteiger partial charge in [0.25, 0.3) is 0 Å². The van der Waals surface area contributed by atoms with E-state index in [1.807, 2.05) is 24.3 Å². The Balaban J connectivity index is 2.05. The van der Waals surface area contributed by atoms with Crippen LogP contribution in [0.1, 0.15) is 12.5 Å². The highest BCUT2D eigenvalue weighted by Gasteiger charge is 2.40. The SMILES string of the molecule is CC1(c2ccc(I)cc2)CN=C(N)N1c1ccc(Cl)cc1. The first kappa shape index (κ1) is 14.7. The van der Waals surface area contributed by atoms with Crippen molar-refractivity contribution < 1.29 is 0 Å². The summed E-state index contributed by atoms with van der Waals surface area (Å²) in [6, 6.07) is 16.2. The lowest BCUT2D eigenvalue weighted by molar-refractivity contribution is 0.533. The lowest BCUT2D eigenvalue weighted by atomic mass is 9.90. The van der Waals surface area contributed by atoms with Crippen LogP contribution in [0.3, 0.4) is 0 Å². The van der Waals surface area contributed by atoms with E-state index >= 15 is 0 Å². The molecule has 108 valence electrons. The van der Waals surface area contributed by atoms with Crippen molar-refractivity contribution in [1.29, 1.82) is 0 Å². The Labute approximate surface area is 143 Å². The zero-order valence-electron chi connectivity index (χ0n) is 11.6. The van der Waals surface area contributed by atoms with E-state index in [-0.39, 0.29) is 5.54 Å². The average molecular weight is 412 g/mol. The number of guanidine groups is 1. The van der Waals surface area contributed by atoms with Crippen molar-refractivity contribution in [2.45, 2.75) is 12.5 Å². The minimum atomic E-state index is -0.276. The maximum absolute atomic E-state index is 6.13. The molecule has 2 aromatic rings. The third-order valence-electron chi connectivity index (χ3n) is 3.82. The number of hydrogen-bond acceptors (Lipinski definition) is 3. The van der Waals surface area contributed by atoms with Gasteiger partial charge in [0.05, 0.1) is 12.1 Å². The Morgan fingerprint density at radius 2 is 1.76 bits per heavy atom. The molecule has 0 bridgehead atoms. The fourth-order valence-electron chi connectivity index (χ4n) is 2.67. The number of benzene rings is 2. The Bertz CT molecular complexity index is 682. The second kappa shape index (κ2) is 5.50. The molecule has 0 aliphatic carbocycles. The highest BCUT2D eigenvalue weighted by Crippen LogP contribution is 2.37. The van der Waals surface area contributed by atoms with Gasteiger partial charge in [-0.3, -0.25) is 4.99 Å². The van der Waals surface area contributed by atoms with Crippen LogP contribution in [-0.4, -0.2) is 12.5 Å². The molecule has 1 aliphatic rings. The summed E-state index contributed by atoms with van der Waals surface area (Å²) in [5.74, 6) is 0.540. The molecule has 0 fully saturated rings. The van der Waals surface area contributed by atoms with Gasteiger partial charge in [-0.1, -0.05) is 23.7 Å². The molecule has 0 aromatic heterocycles. The van der Waals surface area contributed by atoms with E-state index in [4.69, 9.17) is 17.3 Å². The molecule has 1 atom stereocenters. The molecule has 2 N–H and O–H groups in total. The van der Waals surface area contributed by atoms with Crippen LogP contribution in [0, 0.1) is 3.57 Å². The third-order valence-corrected chi connectivity index (χ3v) is 4.79. The van der Waals surface area contributed by atoms with Crippen molar-refractivity contribution in [2.24, 2.45) is 10.7 Å². The number of rotatable bonds is 2. The van der Waals surface area contributed by atoms with E-state index in [1.54, 1.807) is 0 Å². The molecule has 2 aromatic carbocycles. The van der Waals surface area contributed by atoms with Crippen LogP contribution in [0.15, 0.2) is 53.5 Å². The van der Waals surface area contributed by atoms with E-state index in [0.717, 1.165) is 5.69 Å². The van der Waals surface area contributed by atoms with E-state index in [1.165, 1.54) is 9.13 Å². The number of nitrogens with two attached hydrogens (primary N) is 1. The standard InChI is InChI=1S/C16H15ClIN3/c1-16(11-2-6-13(18)7-3-11)10-20-15(19)21(16)14-8-4-12(17)5-9-14/h2-9H,10H2,1H3,(H2,19,20). The fourth-order valence-corrected chi connectivity index (χ4v) is 3.15. The smallest absolute Gasteiger partial charge is 0.196 e. The Morgan fingerprint density at radius 3 is 2.38 bits per heavy atom. The lowest BCUT2D eigenvalue weighted by Crippen LogP contribution is -2.47. The van der Waals surface area contributed by atoms with Crippen LogP contribution in [0.2, 0.25) is 5.02 Å². The normalized spacial score (nSPS) is 21.5. The molecular weight excluding hydrogens is 397 g/mol. The van der Waals surface area contributed by atoms with Gasteiger partial charge >= 0.3 is 0 Å². The average Bonchev–Trinajstić information content (AvgIpc) is 2.78. The zero-order valence-corrected chi connectivity index (χ0v) is 14.5. The minimum Gasteiger partial charge on any atom is -0.369 e. The summed E-state index contributed by atoms with van der Waals surface area (Å²) in [6.07, 6.45) is 0. The van der Waals surface area contributed by atoms with Gasteiger partial charge in [0.2, 0.25) is 0 Å². The zero-order chi connectivity index (χ0) is 15.0. The summed E-state index contributed by atoms with van der Waals surface area (Å²) < 4.78 is 1.21. The van der Waals surface area contributed by atoms with Crippen molar-refractivity contribution in [3.05, 3.63) is 62.7 Å². The van der Waals surface area contributed by atoms with Crippen LogP contribution < -0.4 is 10.6 Å². The Morgan fingerprint density at radius 1 is 1.14 bits per heavy atom. The van der Waals surface area contributed by atoms with Crippen LogP contribution >= 0.6 is 34.2 Å². The number of hydrogen-bond donors (Lipinski definition) is 1. The third kappa shape index (κ3) is 2.62. The van der Waals surface area contributed by atoms with Gasteiger partial charge in [0, 0.05) is 14.3 Å². The van der Waals surface area contributed by atoms with Crippen molar-refractivity contribution in [2.75, 3.05) is 11.4 Å². The molecule has 0 spiro atoms. The molecule has 0 saturated heterocycles. The van der Waals surface area contributed by atoms with Crippen molar-refractivity contribution in [1.82, 2.24) is 0 Å². The number of halogens is 2. The van der Waals surface area contributed by atoms with E-state index in [9.17, 15) is 0 Å². The highest BCUT2D eigenvalue weighted by atomic mass is 127. The molecule has 5 heteroatoms. The molecule has 1 heterocycles. The van der Waals surface area contributed by atoms with Crippen molar-refractivity contribution in [3.8, 4) is 0 Å². The second-order valence-corrected chi connectivity index (χ2v) is 6.95. The predicted molar refractivity (Wildman–Crippen MR) is 96.9 cm³/mol. The number of anilines is 1. The van der Waals surface area contributed by atoms with Gasteiger partial charge in [0.15, 0.2) is 5.96 Å². The monoisotopic (exact) mass is 411 g/mol. The number of aliphatic imine (C=N–C) groups is 1. The molecule has 0 radical (unpaired) electrons. The van der Waals surface area contributed by atoms with Crippen LogP contribution in [0.4, 0.5) is 5.69 Å². The van der Waals surface area contributed by atoms with Crippen LogP contribution in [0.25, 0.3) is 0 Å². The molecule has 1 unspecified atom stereocenters. The summed E-state index contributed by atoms with van der Waals surface area (Å²) in [6.45, 7) is 2.80. The highest BCUT2D eigenvalue weighted by molar-refractivity contribution is 14.1. The van der Waals surface area contributed by atoms with Crippen molar-refractivity contribution >= 4 is 45.8 Å². The molecule has 3 nitrogen and oxygen atoms in total. The van der Waals surface area contributed by atoms with Gasteiger partial charge in [0.1, 0.15) is 0 Å². The predicted octanol–water partition coefficient (Wildman–Crippen LogP) is 3.99. The number of nitrogens with zero attached hydrogens (tertiary/aromatic N) is 2.